The number of halogens is 1. The van der Waals surface area contributed by atoms with Crippen LogP contribution in [-0.2, 0) is 21.1 Å². The Morgan fingerprint density at radius 3 is 2.39 bits per heavy atom. The van der Waals surface area contributed by atoms with E-state index in [4.69, 9.17) is 16.7 Å². The topological polar surface area (TPSA) is 71.4 Å². The van der Waals surface area contributed by atoms with Crippen molar-refractivity contribution < 1.29 is 18.3 Å². The first-order chi connectivity index (χ1) is 10.7. The molecule has 122 valence electrons. The maximum atomic E-state index is 12.0. The average molecular weight is 353 g/mol. The summed E-state index contributed by atoms with van der Waals surface area (Å²) in [5, 5.41) is 9.55. The Hall–Kier alpha value is -1.85. The lowest BCUT2D eigenvalue weighted by Gasteiger charge is -2.13. The molecule has 0 saturated heterocycles. The highest BCUT2D eigenvalue weighted by atomic mass is 35.5. The molecule has 0 aliphatic rings. The molecule has 0 fully saturated rings. The zero-order valence-corrected chi connectivity index (χ0v) is 14.4. The van der Waals surface area contributed by atoms with Crippen LogP contribution < -0.4 is 0 Å². The molecule has 0 unspecified atom stereocenters. The average Bonchev–Trinajstić information content (AvgIpc) is 2.48. The number of carbonyl (C=O) groups is 1. The minimum absolute atomic E-state index is 0.0349. The minimum atomic E-state index is -3.28. The molecule has 0 amide bonds. The van der Waals surface area contributed by atoms with Crippen molar-refractivity contribution in [1.29, 1.82) is 0 Å². The predicted molar refractivity (Wildman–Crippen MR) is 90.7 cm³/mol. The van der Waals surface area contributed by atoms with Crippen LogP contribution in [-0.4, -0.2) is 25.2 Å². The normalized spacial score (nSPS) is 11.4. The van der Waals surface area contributed by atoms with E-state index in [1.807, 2.05) is 0 Å². The van der Waals surface area contributed by atoms with Crippen LogP contribution in [0.15, 0.2) is 41.3 Å². The minimum Gasteiger partial charge on any atom is -0.481 e. The Kier molecular flexibility index (Phi) is 5.12. The van der Waals surface area contributed by atoms with Crippen LogP contribution in [0.4, 0.5) is 0 Å². The van der Waals surface area contributed by atoms with Crippen molar-refractivity contribution in [3.05, 3.63) is 52.5 Å². The molecule has 1 N–H and O–H groups in total. The van der Waals surface area contributed by atoms with Crippen molar-refractivity contribution in [2.24, 2.45) is 0 Å². The molecule has 0 aliphatic heterocycles. The van der Waals surface area contributed by atoms with E-state index in [0.29, 0.717) is 16.1 Å². The van der Waals surface area contributed by atoms with Crippen LogP contribution in [0.3, 0.4) is 0 Å². The second-order valence-corrected chi connectivity index (χ2v) is 7.97. The third-order valence-corrected chi connectivity index (χ3v) is 5.61. The van der Waals surface area contributed by atoms with Gasteiger partial charge in [-0.15, -0.1) is 0 Å². The molecule has 4 nitrogen and oxygen atoms in total. The summed E-state index contributed by atoms with van der Waals surface area (Å²) in [5.74, 6) is -0.899. The summed E-state index contributed by atoms with van der Waals surface area (Å²) in [6.45, 7) is 3.40. The van der Waals surface area contributed by atoms with Gasteiger partial charge in [-0.3, -0.25) is 4.79 Å². The molecular weight excluding hydrogens is 336 g/mol. The fourth-order valence-corrected chi connectivity index (χ4v) is 3.55. The lowest BCUT2D eigenvalue weighted by atomic mass is 9.94. The van der Waals surface area contributed by atoms with Crippen LogP contribution in [0.25, 0.3) is 11.1 Å². The van der Waals surface area contributed by atoms with Crippen LogP contribution in [0, 0.1) is 6.92 Å². The third kappa shape index (κ3) is 3.92. The standard InChI is InChI=1S/C17H17ClO4S/c1-3-23(21,22)14-6-7-15(11(2)8-14)16-10-13(18)5-4-12(16)9-17(19)20/h4-8,10H,3,9H2,1-2H3,(H,19,20). The molecule has 0 aromatic heterocycles. The zero-order valence-electron chi connectivity index (χ0n) is 12.8. The van der Waals surface area contributed by atoms with Crippen molar-refractivity contribution in [3.8, 4) is 11.1 Å². The first-order valence-corrected chi connectivity index (χ1v) is 9.11. The number of carboxylic acids is 1. The number of rotatable bonds is 5. The fraction of sp³-hybridized carbons (Fsp3) is 0.235. The van der Waals surface area contributed by atoms with Gasteiger partial charge in [0.1, 0.15) is 0 Å². The van der Waals surface area contributed by atoms with E-state index < -0.39 is 15.8 Å². The summed E-state index contributed by atoms with van der Waals surface area (Å²) in [6, 6.07) is 9.90. The van der Waals surface area contributed by atoms with Gasteiger partial charge in [0.2, 0.25) is 0 Å². The van der Waals surface area contributed by atoms with E-state index >= 15 is 0 Å². The lowest BCUT2D eigenvalue weighted by molar-refractivity contribution is -0.136. The number of carboxylic acid groups (broad SMARTS) is 1. The zero-order chi connectivity index (χ0) is 17.2. The highest BCUT2D eigenvalue weighted by molar-refractivity contribution is 7.91. The molecule has 0 bridgehead atoms. The van der Waals surface area contributed by atoms with Gasteiger partial charge in [-0.25, -0.2) is 8.42 Å². The van der Waals surface area contributed by atoms with Crippen molar-refractivity contribution in [1.82, 2.24) is 0 Å². The molecule has 0 heterocycles. The maximum absolute atomic E-state index is 12.0. The second kappa shape index (κ2) is 6.72. The van der Waals surface area contributed by atoms with Gasteiger partial charge in [0.05, 0.1) is 17.1 Å². The van der Waals surface area contributed by atoms with Gasteiger partial charge in [0.15, 0.2) is 9.84 Å². The van der Waals surface area contributed by atoms with Gasteiger partial charge >= 0.3 is 5.97 Å². The van der Waals surface area contributed by atoms with Crippen molar-refractivity contribution in [2.75, 3.05) is 5.75 Å². The summed E-state index contributed by atoms with van der Waals surface area (Å²) in [6.07, 6.45) is -0.124. The number of benzene rings is 2. The van der Waals surface area contributed by atoms with Crippen LogP contribution >= 0.6 is 11.6 Å². The summed E-state index contributed by atoms with van der Waals surface area (Å²) in [5.41, 5.74) is 2.88. The lowest BCUT2D eigenvalue weighted by Crippen LogP contribution is -2.05. The van der Waals surface area contributed by atoms with Crippen LogP contribution in [0.5, 0.6) is 0 Å². The molecule has 2 aromatic carbocycles. The molecule has 0 aliphatic carbocycles. The molecule has 6 heteroatoms. The Bertz CT molecular complexity index is 857. The van der Waals surface area contributed by atoms with E-state index in [1.54, 1.807) is 50.2 Å². The number of aliphatic carboxylic acids is 1. The molecule has 0 radical (unpaired) electrons. The van der Waals surface area contributed by atoms with Crippen LogP contribution in [0.2, 0.25) is 5.02 Å². The number of hydrogen-bond acceptors (Lipinski definition) is 3. The van der Waals surface area contributed by atoms with Gasteiger partial charge in [-0.2, -0.15) is 0 Å². The summed E-state index contributed by atoms with van der Waals surface area (Å²) in [4.78, 5) is 11.3. The Morgan fingerprint density at radius 1 is 1.13 bits per heavy atom. The van der Waals surface area contributed by atoms with E-state index in [0.717, 1.165) is 11.1 Å². The highest BCUT2D eigenvalue weighted by Crippen LogP contribution is 2.31. The van der Waals surface area contributed by atoms with E-state index in [1.165, 1.54) is 0 Å². The first kappa shape index (κ1) is 17.5. The largest absolute Gasteiger partial charge is 0.481 e. The van der Waals surface area contributed by atoms with E-state index in [2.05, 4.69) is 0 Å². The van der Waals surface area contributed by atoms with Gasteiger partial charge in [-0.1, -0.05) is 30.7 Å². The molecule has 0 atom stereocenters. The number of sulfone groups is 1. The Labute approximate surface area is 140 Å². The smallest absolute Gasteiger partial charge is 0.307 e. The Balaban J connectivity index is 2.59. The molecule has 2 aromatic rings. The van der Waals surface area contributed by atoms with E-state index in [9.17, 15) is 13.2 Å². The number of aryl methyl sites for hydroxylation is 1. The SMILES string of the molecule is CCS(=O)(=O)c1ccc(-c2cc(Cl)ccc2CC(=O)O)c(C)c1. The van der Waals surface area contributed by atoms with Gasteiger partial charge in [0, 0.05) is 5.02 Å². The number of hydrogen-bond donors (Lipinski definition) is 1. The van der Waals surface area contributed by atoms with Crippen molar-refractivity contribution in [2.45, 2.75) is 25.2 Å². The van der Waals surface area contributed by atoms with Gasteiger partial charge in [0.25, 0.3) is 0 Å². The summed E-state index contributed by atoms with van der Waals surface area (Å²) >= 11 is 6.04. The summed E-state index contributed by atoms with van der Waals surface area (Å²) < 4.78 is 23.9. The molecule has 23 heavy (non-hydrogen) atoms. The molecular formula is C17H17ClO4S. The Morgan fingerprint density at radius 2 is 1.83 bits per heavy atom. The van der Waals surface area contributed by atoms with Crippen LogP contribution in [0.1, 0.15) is 18.1 Å². The first-order valence-electron chi connectivity index (χ1n) is 7.08. The monoisotopic (exact) mass is 352 g/mol. The molecule has 2 rings (SSSR count). The predicted octanol–water partition coefficient (Wildman–Crippen LogP) is 3.74. The second-order valence-electron chi connectivity index (χ2n) is 5.25. The quantitative estimate of drug-likeness (QED) is 0.889. The molecule has 0 saturated carbocycles. The maximum Gasteiger partial charge on any atom is 0.307 e. The fourth-order valence-electron chi connectivity index (χ4n) is 2.41. The van der Waals surface area contributed by atoms with Crippen molar-refractivity contribution >= 4 is 27.4 Å². The molecule has 0 spiro atoms. The van der Waals surface area contributed by atoms with Gasteiger partial charge < -0.3 is 5.11 Å². The van der Waals surface area contributed by atoms with E-state index in [-0.39, 0.29) is 17.1 Å². The van der Waals surface area contributed by atoms with Gasteiger partial charge in [-0.05, 0) is 53.4 Å². The summed E-state index contributed by atoms with van der Waals surface area (Å²) in [7, 11) is -3.28. The highest BCUT2D eigenvalue weighted by Gasteiger charge is 2.16. The van der Waals surface area contributed by atoms with Crippen molar-refractivity contribution in [3.63, 3.8) is 0 Å². The third-order valence-electron chi connectivity index (χ3n) is 3.64.